The van der Waals surface area contributed by atoms with Crippen LogP contribution in [-0.2, 0) is 11.2 Å². The Bertz CT molecular complexity index is 444. The zero-order valence-electron chi connectivity index (χ0n) is 13.6. The first-order valence-corrected chi connectivity index (χ1v) is 8.06. The molecule has 0 aromatic heterocycles. The van der Waals surface area contributed by atoms with Gasteiger partial charge in [0.2, 0.25) is 5.91 Å². The van der Waals surface area contributed by atoms with Crippen LogP contribution in [0.25, 0.3) is 0 Å². The van der Waals surface area contributed by atoms with Crippen LogP contribution in [0, 0.1) is 0 Å². The van der Waals surface area contributed by atoms with Crippen LogP contribution in [0.2, 0.25) is 0 Å². The van der Waals surface area contributed by atoms with E-state index in [4.69, 9.17) is 0 Å². The molecule has 4 nitrogen and oxygen atoms in total. The van der Waals surface area contributed by atoms with Crippen LogP contribution in [0.3, 0.4) is 0 Å². The largest absolute Gasteiger partial charge is 0.325 e. The zero-order chi connectivity index (χ0) is 15.1. The molecular formula is C17H28ClN3O. The van der Waals surface area contributed by atoms with E-state index in [-0.39, 0.29) is 18.3 Å². The van der Waals surface area contributed by atoms with Gasteiger partial charge in [0.25, 0.3) is 0 Å². The molecule has 1 aromatic rings. The molecule has 0 radical (unpaired) electrons. The number of nitrogens with one attached hydrogen (secondary N) is 2. The highest BCUT2D eigenvalue weighted by molar-refractivity contribution is 5.92. The van der Waals surface area contributed by atoms with Crippen LogP contribution in [0.5, 0.6) is 0 Å². The van der Waals surface area contributed by atoms with Crippen LogP contribution >= 0.6 is 12.4 Å². The molecule has 1 aliphatic heterocycles. The number of carbonyl (C=O) groups is 1. The molecule has 1 amide bonds. The van der Waals surface area contributed by atoms with E-state index < -0.39 is 0 Å². The lowest BCUT2D eigenvalue weighted by atomic mass is 10.1. The summed E-state index contributed by atoms with van der Waals surface area (Å²) in [5, 5.41) is 6.38. The van der Waals surface area contributed by atoms with E-state index >= 15 is 0 Å². The fourth-order valence-corrected chi connectivity index (χ4v) is 2.84. The van der Waals surface area contributed by atoms with Gasteiger partial charge in [0, 0.05) is 18.3 Å². The average molecular weight is 326 g/mol. The molecule has 0 aliphatic carbocycles. The molecule has 5 heteroatoms. The van der Waals surface area contributed by atoms with Crippen molar-refractivity contribution in [3.63, 3.8) is 0 Å². The van der Waals surface area contributed by atoms with Gasteiger partial charge in [-0.2, -0.15) is 0 Å². The Hall–Kier alpha value is -1.10. The Morgan fingerprint density at radius 1 is 1.32 bits per heavy atom. The van der Waals surface area contributed by atoms with Crippen molar-refractivity contribution in [1.29, 1.82) is 0 Å². The number of halogens is 1. The molecule has 1 unspecified atom stereocenters. The maximum absolute atomic E-state index is 12.2. The smallest absolute Gasteiger partial charge is 0.238 e. The lowest BCUT2D eigenvalue weighted by molar-refractivity contribution is -0.117. The Morgan fingerprint density at radius 2 is 2.05 bits per heavy atom. The van der Waals surface area contributed by atoms with Gasteiger partial charge >= 0.3 is 0 Å². The Labute approximate surface area is 140 Å². The van der Waals surface area contributed by atoms with Crippen LogP contribution in [0.15, 0.2) is 24.3 Å². The number of rotatable bonds is 7. The summed E-state index contributed by atoms with van der Waals surface area (Å²) < 4.78 is 0. The van der Waals surface area contributed by atoms with Crippen molar-refractivity contribution >= 4 is 24.0 Å². The van der Waals surface area contributed by atoms with Crippen LogP contribution in [0.4, 0.5) is 5.69 Å². The number of carbonyl (C=O) groups excluding carboxylic acids is 1. The van der Waals surface area contributed by atoms with Crippen LogP contribution in [0.1, 0.15) is 32.3 Å². The summed E-state index contributed by atoms with van der Waals surface area (Å²) in [5.74, 6) is 0.0830. The number of anilines is 1. The summed E-state index contributed by atoms with van der Waals surface area (Å²) >= 11 is 0. The number of aryl methyl sites for hydroxylation is 1. The van der Waals surface area contributed by atoms with Gasteiger partial charge in [0.15, 0.2) is 0 Å². The third-order valence-electron chi connectivity index (χ3n) is 4.05. The quantitative estimate of drug-likeness (QED) is 0.810. The highest BCUT2D eigenvalue weighted by Crippen LogP contribution is 2.12. The Morgan fingerprint density at radius 3 is 2.59 bits per heavy atom. The molecule has 22 heavy (non-hydrogen) atoms. The maximum atomic E-state index is 12.2. The van der Waals surface area contributed by atoms with Gasteiger partial charge in [-0.3, -0.25) is 9.69 Å². The second kappa shape index (κ2) is 9.82. The summed E-state index contributed by atoms with van der Waals surface area (Å²) in [6.45, 7) is 7.82. The predicted molar refractivity (Wildman–Crippen MR) is 94.8 cm³/mol. The molecule has 1 heterocycles. The monoisotopic (exact) mass is 325 g/mol. The second-order valence-corrected chi connectivity index (χ2v) is 5.72. The van der Waals surface area contributed by atoms with Crippen molar-refractivity contribution in [3.05, 3.63) is 29.8 Å². The van der Waals surface area contributed by atoms with E-state index in [1.54, 1.807) is 0 Å². The van der Waals surface area contributed by atoms with Gasteiger partial charge in [-0.1, -0.05) is 26.0 Å². The van der Waals surface area contributed by atoms with E-state index in [0.29, 0.717) is 12.6 Å². The van der Waals surface area contributed by atoms with Gasteiger partial charge < -0.3 is 10.6 Å². The SMILES string of the molecule is CCCN(CC(=O)Nc1ccc(CC)cc1)C1CCNC1.Cl. The maximum Gasteiger partial charge on any atom is 0.238 e. The van der Waals surface area contributed by atoms with E-state index in [0.717, 1.165) is 44.6 Å². The molecule has 1 fully saturated rings. The molecule has 1 atom stereocenters. The van der Waals surface area contributed by atoms with Crippen molar-refractivity contribution in [2.45, 2.75) is 39.2 Å². The van der Waals surface area contributed by atoms with Crippen LogP contribution < -0.4 is 10.6 Å². The number of amides is 1. The first-order chi connectivity index (χ1) is 10.2. The van der Waals surface area contributed by atoms with E-state index in [1.165, 1.54) is 5.56 Å². The Kier molecular flexibility index (Phi) is 8.46. The summed E-state index contributed by atoms with van der Waals surface area (Å²) in [7, 11) is 0. The minimum Gasteiger partial charge on any atom is -0.325 e. The van der Waals surface area contributed by atoms with Crippen molar-refractivity contribution in [2.75, 3.05) is 31.5 Å². The molecule has 0 saturated carbocycles. The van der Waals surface area contributed by atoms with E-state index in [9.17, 15) is 4.79 Å². The molecule has 124 valence electrons. The summed E-state index contributed by atoms with van der Waals surface area (Å²) in [5.41, 5.74) is 2.18. The Balaban J connectivity index is 0.00000242. The highest BCUT2D eigenvalue weighted by Gasteiger charge is 2.23. The third-order valence-corrected chi connectivity index (χ3v) is 4.05. The fourth-order valence-electron chi connectivity index (χ4n) is 2.84. The van der Waals surface area contributed by atoms with Crippen molar-refractivity contribution in [2.24, 2.45) is 0 Å². The molecule has 2 N–H and O–H groups in total. The minimum atomic E-state index is 0. The first kappa shape index (κ1) is 18.9. The molecule has 2 rings (SSSR count). The molecule has 1 aliphatic rings. The number of benzene rings is 1. The lowest BCUT2D eigenvalue weighted by Gasteiger charge is -2.27. The summed E-state index contributed by atoms with van der Waals surface area (Å²) in [4.78, 5) is 14.5. The van der Waals surface area contributed by atoms with Crippen LogP contribution in [-0.4, -0.2) is 43.0 Å². The second-order valence-electron chi connectivity index (χ2n) is 5.72. The zero-order valence-corrected chi connectivity index (χ0v) is 14.4. The third kappa shape index (κ3) is 5.59. The highest BCUT2D eigenvalue weighted by atomic mass is 35.5. The van der Waals surface area contributed by atoms with Gasteiger partial charge in [-0.05, 0) is 50.0 Å². The molecular weight excluding hydrogens is 298 g/mol. The summed E-state index contributed by atoms with van der Waals surface area (Å²) in [6.07, 6.45) is 3.24. The van der Waals surface area contributed by atoms with E-state index in [1.807, 2.05) is 12.1 Å². The topological polar surface area (TPSA) is 44.4 Å². The molecule has 1 saturated heterocycles. The predicted octanol–water partition coefficient (Wildman–Crippen LogP) is 2.68. The number of hydrogen-bond acceptors (Lipinski definition) is 3. The van der Waals surface area contributed by atoms with Gasteiger partial charge in [0.05, 0.1) is 6.54 Å². The number of nitrogens with zero attached hydrogens (tertiary/aromatic N) is 1. The van der Waals surface area contributed by atoms with Crippen molar-refractivity contribution < 1.29 is 4.79 Å². The van der Waals surface area contributed by atoms with Gasteiger partial charge in [-0.15, -0.1) is 12.4 Å². The normalized spacial score (nSPS) is 17.3. The molecule has 0 spiro atoms. The standard InChI is InChI=1S/C17H27N3O.ClH/c1-3-11-20(16-9-10-18-12-16)13-17(21)19-15-7-5-14(4-2)6-8-15;/h5-8,16,18H,3-4,9-13H2,1-2H3,(H,19,21);1H. The van der Waals surface area contributed by atoms with E-state index in [2.05, 4.69) is 41.5 Å². The first-order valence-electron chi connectivity index (χ1n) is 8.06. The van der Waals surface area contributed by atoms with Crippen molar-refractivity contribution in [3.8, 4) is 0 Å². The van der Waals surface area contributed by atoms with Crippen molar-refractivity contribution in [1.82, 2.24) is 10.2 Å². The average Bonchev–Trinajstić information content (AvgIpc) is 3.02. The lowest BCUT2D eigenvalue weighted by Crippen LogP contribution is -2.42. The molecule has 1 aromatic carbocycles. The minimum absolute atomic E-state index is 0. The molecule has 0 bridgehead atoms. The number of hydrogen-bond donors (Lipinski definition) is 2. The van der Waals surface area contributed by atoms with Gasteiger partial charge in [0.1, 0.15) is 0 Å². The summed E-state index contributed by atoms with van der Waals surface area (Å²) in [6, 6.07) is 8.61. The van der Waals surface area contributed by atoms with Gasteiger partial charge in [-0.25, -0.2) is 0 Å². The fraction of sp³-hybridized carbons (Fsp3) is 0.588.